The number of alkyl halides is 1. The number of nitro groups is 1. The van der Waals surface area contributed by atoms with Gasteiger partial charge in [0.25, 0.3) is 0 Å². The van der Waals surface area contributed by atoms with Crippen molar-refractivity contribution in [3.8, 4) is 0 Å². The van der Waals surface area contributed by atoms with Gasteiger partial charge in [-0.15, -0.1) is 0 Å². The van der Waals surface area contributed by atoms with E-state index >= 15 is 0 Å². The molecule has 2 atom stereocenters. The van der Waals surface area contributed by atoms with Gasteiger partial charge in [0.2, 0.25) is 0 Å². The van der Waals surface area contributed by atoms with Crippen LogP contribution in [0.4, 0.5) is 4.39 Å². The third kappa shape index (κ3) is 8.96. The number of rotatable bonds is 11. The van der Waals surface area contributed by atoms with E-state index in [4.69, 9.17) is 9.47 Å². The summed E-state index contributed by atoms with van der Waals surface area (Å²) in [6.45, 7) is 4.70. The minimum absolute atomic E-state index is 0.222. The van der Waals surface area contributed by atoms with Gasteiger partial charge in [-0.25, -0.2) is 4.39 Å². The van der Waals surface area contributed by atoms with Crippen LogP contribution in [0.1, 0.15) is 26.7 Å². The Hall–Kier alpha value is -0.790. The maximum absolute atomic E-state index is 13.2. The Kier molecular flexibility index (Phi) is 9.89. The summed E-state index contributed by atoms with van der Waals surface area (Å²) < 4.78 is 23.1. The summed E-state index contributed by atoms with van der Waals surface area (Å²) in [5, 5.41) is 12.9. The number of ether oxygens (including phenoxy) is 2. The van der Waals surface area contributed by atoms with Gasteiger partial charge in [0.05, 0.1) is 18.1 Å². The lowest BCUT2D eigenvalue weighted by molar-refractivity contribution is -0.577. The molecule has 0 rings (SSSR count). The number of nitrogens with one attached hydrogen (secondary N) is 1. The Morgan fingerprint density at radius 1 is 1.41 bits per heavy atom. The van der Waals surface area contributed by atoms with E-state index < -0.39 is 17.4 Å². The Morgan fingerprint density at radius 3 is 2.65 bits per heavy atom. The molecule has 0 amide bonds. The van der Waals surface area contributed by atoms with Gasteiger partial charge in [-0.05, 0) is 6.42 Å². The zero-order valence-electron chi connectivity index (χ0n) is 10.4. The van der Waals surface area contributed by atoms with E-state index in [-0.39, 0.29) is 13.0 Å². The van der Waals surface area contributed by atoms with E-state index in [2.05, 4.69) is 5.32 Å². The molecule has 1 N–H and O–H groups in total. The molecule has 0 aromatic heterocycles. The standard InChI is InChI=1S/C10H21FN2O4/c1-3-6-16-7-5-12-9(11)8-17-10(4-2)13(14)15/h9-10,12H,3-8H2,1-2H3. The molecule has 102 valence electrons. The summed E-state index contributed by atoms with van der Waals surface area (Å²) in [5.41, 5.74) is 0. The molecule has 0 bridgehead atoms. The lowest BCUT2D eigenvalue weighted by Gasteiger charge is -2.13. The van der Waals surface area contributed by atoms with Crippen molar-refractivity contribution in [2.45, 2.75) is 39.2 Å². The highest BCUT2D eigenvalue weighted by Gasteiger charge is 2.19. The Morgan fingerprint density at radius 2 is 2.12 bits per heavy atom. The molecule has 0 aliphatic rings. The number of hydrogen-bond donors (Lipinski definition) is 1. The molecule has 17 heavy (non-hydrogen) atoms. The number of hydrogen-bond acceptors (Lipinski definition) is 5. The molecule has 0 spiro atoms. The first kappa shape index (κ1) is 16.2. The molecule has 0 aromatic rings. The zero-order valence-corrected chi connectivity index (χ0v) is 10.4. The maximum atomic E-state index is 13.2. The van der Waals surface area contributed by atoms with Crippen LogP contribution in [-0.2, 0) is 9.47 Å². The first-order chi connectivity index (χ1) is 8.11. The topological polar surface area (TPSA) is 73.6 Å². The lowest BCUT2D eigenvalue weighted by Crippen LogP contribution is -2.35. The van der Waals surface area contributed by atoms with Crippen molar-refractivity contribution in [3.63, 3.8) is 0 Å². The predicted molar refractivity (Wildman–Crippen MR) is 61.0 cm³/mol. The molecule has 7 heteroatoms. The van der Waals surface area contributed by atoms with Crippen LogP contribution in [0, 0.1) is 10.1 Å². The fourth-order valence-corrected chi connectivity index (χ4v) is 1.12. The van der Waals surface area contributed by atoms with Crippen molar-refractivity contribution >= 4 is 0 Å². The Bertz CT molecular complexity index is 207. The molecule has 0 aromatic carbocycles. The fourth-order valence-electron chi connectivity index (χ4n) is 1.12. The second-order valence-corrected chi connectivity index (χ2v) is 3.52. The molecule has 2 unspecified atom stereocenters. The third-order valence-electron chi connectivity index (χ3n) is 1.98. The van der Waals surface area contributed by atoms with Gasteiger partial charge in [0, 0.05) is 19.6 Å². The van der Waals surface area contributed by atoms with Crippen molar-refractivity contribution in [2.24, 2.45) is 0 Å². The van der Waals surface area contributed by atoms with Gasteiger partial charge >= 0.3 is 6.23 Å². The van der Waals surface area contributed by atoms with Crippen LogP contribution in [0.5, 0.6) is 0 Å². The van der Waals surface area contributed by atoms with Crippen LogP contribution in [0.3, 0.4) is 0 Å². The second kappa shape index (κ2) is 10.4. The third-order valence-corrected chi connectivity index (χ3v) is 1.98. The van der Waals surface area contributed by atoms with E-state index in [0.717, 1.165) is 6.42 Å². The Labute approximate surface area is 101 Å². The van der Waals surface area contributed by atoms with Gasteiger partial charge in [-0.3, -0.25) is 15.4 Å². The van der Waals surface area contributed by atoms with Gasteiger partial charge in [-0.1, -0.05) is 13.8 Å². The summed E-state index contributed by atoms with van der Waals surface area (Å²) in [7, 11) is 0. The van der Waals surface area contributed by atoms with Gasteiger partial charge in [-0.2, -0.15) is 0 Å². The van der Waals surface area contributed by atoms with Crippen molar-refractivity contribution in [1.29, 1.82) is 0 Å². The average Bonchev–Trinajstić information content (AvgIpc) is 2.29. The van der Waals surface area contributed by atoms with Crippen molar-refractivity contribution < 1.29 is 18.8 Å². The van der Waals surface area contributed by atoms with Crippen molar-refractivity contribution in [3.05, 3.63) is 10.1 Å². The van der Waals surface area contributed by atoms with Crippen LogP contribution >= 0.6 is 0 Å². The molecule has 0 saturated heterocycles. The second-order valence-electron chi connectivity index (χ2n) is 3.52. The fraction of sp³-hybridized carbons (Fsp3) is 1.00. The lowest BCUT2D eigenvalue weighted by atomic mass is 10.4. The monoisotopic (exact) mass is 252 g/mol. The molecule has 0 aliphatic carbocycles. The van der Waals surface area contributed by atoms with Gasteiger partial charge < -0.3 is 9.47 Å². The maximum Gasteiger partial charge on any atom is 0.315 e. The summed E-state index contributed by atoms with van der Waals surface area (Å²) >= 11 is 0. The summed E-state index contributed by atoms with van der Waals surface area (Å²) in [5.74, 6) is 0. The summed E-state index contributed by atoms with van der Waals surface area (Å²) in [6, 6.07) is 0. The van der Waals surface area contributed by atoms with Gasteiger partial charge in [0.15, 0.2) is 6.30 Å². The Balaban J connectivity index is 3.51. The molecule has 0 heterocycles. The number of halogens is 1. The number of nitrogens with zero attached hydrogens (tertiary/aromatic N) is 1. The van der Waals surface area contributed by atoms with Crippen LogP contribution in [0.2, 0.25) is 0 Å². The van der Waals surface area contributed by atoms with Crippen molar-refractivity contribution in [2.75, 3.05) is 26.4 Å². The molecular formula is C10H21FN2O4. The SMILES string of the molecule is CCCOCCNC(F)COC(CC)[N+](=O)[O-]. The predicted octanol–water partition coefficient (Wildman–Crippen LogP) is 1.33. The first-order valence-corrected chi connectivity index (χ1v) is 5.82. The minimum atomic E-state index is -1.41. The molecule has 0 radical (unpaired) electrons. The van der Waals surface area contributed by atoms with Crippen LogP contribution in [-0.4, -0.2) is 43.8 Å². The molecule has 0 fully saturated rings. The van der Waals surface area contributed by atoms with Crippen molar-refractivity contribution in [1.82, 2.24) is 5.32 Å². The van der Waals surface area contributed by atoms with E-state index in [1.165, 1.54) is 0 Å². The van der Waals surface area contributed by atoms with E-state index in [1.54, 1.807) is 6.92 Å². The van der Waals surface area contributed by atoms with E-state index in [1.807, 2.05) is 6.92 Å². The normalized spacial score (nSPS) is 14.5. The van der Waals surface area contributed by atoms with Crippen LogP contribution in [0.25, 0.3) is 0 Å². The summed E-state index contributed by atoms with van der Waals surface area (Å²) in [6.07, 6.45) is -1.40. The zero-order chi connectivity index (χ0) is 13.1. The highest BCUT2D eigenvalue weighted by atomic mass is 19.1. The van der Waals surface area contributed by atoms with Crippen LogP contribution in [0.15, 0.2) is 0 Å². The minimum Gasteiger partial charge on any atom is -0.380 e. The molecule has 0 aliphatic heterocycles. The highest BCUT2D eigenvalue weighted by Crippen LogP contribution is 2.00. The highest BCUT2D eigenvalue weighted by molar-refractivity contribution is 4.53. The molecule has 6 nitrogen and oxygen atoms in total. The summed E-state index contributed by atoms with van der Waals surface area (Å²) in [4.78, 5) is 9.83. The smallest absolute Gasteiger partial charge is 0.315 e. The van der Waals surface area contributed by atoms with Crippen LogP contribution < -0.4 is 5.32 Å². The van der Waals surface area contributed by atoms with E-state index in [0.29, 0.717) is 19.8 Å². The first-order valence-electron chi connectivity index (χ1n) is 5.82. The van der Waals surface area contributed by atoms with Gasteiger partial charge in [0.1, 0.15) is 0 Å². The molecular weight excluding hydrogens is 231 g/mol. The van der Waals surface area contributed by atoms with E-state index in [9.17, 15) is 14.5 Å². The average molecular weight is 252 g/mol. The molecule has 0 saturated carbocycles. The quantitative estimate of drug-likeness (QED) is 0.197. The largest absolute Gasteiger partial charge is 0.380 e.